The van der Waals surface area contributed by atoms with Crippen molar-refractivity contribution in [2.45, 2.75) is 51.0 Å². The highest BCUT2D eigenvalue weighted by atomic mass is 19.1. The van der Waals surface area contributed by atoms with Gasteiger partial charge in [-0.1, -0.05) is 0 Å². The number of aliphatic hydroxyl groups excluding tert-OH is 1. The molecule has 4 aliphatic carbocycles. The topological polar surface area (TPSA) is 20.2 Å². The van der Waals surface area contributed by atoms with Gasteiger partial charge in [-0.2, -0.15) is 0 Å². The molecule has 1 aromatic carbocycles. The molecule has 0 spiro atoms. The molecule has 3 heteroatoms. The van der Waals surface area contributed by atoms with Crippen LogP contribution in [-0.2, 0) is 6.42 Å². The van der Waals surface area contributed by atoms with Crippen molar-refractivity contribution < 1.29 is 13.9 Å². The molecule has 0 saturated heterocycles. The van der Waals surface area contributed by atoms with Gasteiger partial charge in [0.25, 0.3) is 0 Å². The summed E-state index contributed by atoms with van der Waals surface area (Å²) in [7, 11) is 0. The second-order valence-electron chi connectivity index (χ2n) is 7.78. The van der Waals surface area contributed by atoms with Gasteiger partial charge in [0.15, 0.2) is 0 Å². The summed E-state index contributed by atoms with van der Waals surface area (Å²) in [5.41, 5.74) is 0.591. The van der Waals surface area contributed by atoms with E-state index >= 15 is 0 Å². The first-order valence-corrected chi connectivity index (χ1v) is 8.15. The third-order valence-corrected chi connectivity index (χ3v) is 6.14. The van der Waals surface area contributed by atoms with Crippen LogP contribution in [-0.4, -0.2) is 11.2 Å². The number of aliphatic hydroxyl groups is 1. The summed E-state index contributed by atoms with van der Waals surface area (Å²) in [6.07, 6.45) is 7.24. The number of halogens is 2. The van der Waals surface area contributed by atoms with E-state index in [0.717, 1.165) is 43.1 Å². The molecular weight excluding hydrogens is 270 g/mol. The molecule has 1 N–H and O–H groups in total. The van der Waals surface area contributed by atoms with E-state index in [9.17, 15) is 13.9 Å². The maximum Gasteiger partial charge on any atom is 0.126 e. The fraction of sp³-hybridized carbons (Fsp3) is 0.667. The zero-order valence-corrected chi connectivity index (χ0v) is 12.2. The summed E-state index contributed by atoms with van der Waals surface area (Å²) in [4.78, 5) is 0. The molecule has 114 valence electrons. The number of rotatable bonds is 3. The molecular formula is C18H22F2O. The lowest BCUT2D eigenvalue weighted by Gasteiger charge is -2.58. The van der Waals surface area contributed by atoms with Gasteiger partial charge in [0.2, 0.25) is 0 Å². The van der Waals surface area contributed by atoms with Crippen molar-refractivity contribution in [1.29, 1.82) is 0 Å². The second kappa shape index (κ2) is 4.77. The molecule has 0 amide bonds. The predicted molar refractivity (Wildman–Crippen MR) is 76.7 cm³/mol. The van der Waals surface area contributed by atoms with Crippen molar-refractivity contribution >= 4 is 0 Å². The highest BCUT2D eigenvalue weighted by Gasteiger charge is 2.53. The molecule has 0 heterocycles. The lowest BCUT2D eigenvalue weighted by Crippen LogP contribution is -2.52. The van der Waals surface area contributed by atoms with Gasteiger partial charge in [-0.05, 0) is 85.8 Å². The maximum absolute atomic E-state index is 13.3. The highest BCUT2D eigenvalue weighted by Crippen LogP contribution is 2.61. The standard InChI is InChI=1S/C18H22F2O/c19-15-4-11(5-16(20)7-15)6-17(21)18-8-12-1-13(9-18)3-14(2-12)10-18/h4-5,7,12-14,17,21H,1-3,6,8-10H2. The van der Waals surface area contributed by atoms with E-state index in [0.29, 0.717) is 12.0 Å². The van der Waals surface area contributed by atoms with Gasteiger partial charge >= 0.3 is 0 Å². The zero-order chi connectivity index (χ0) is 14.6. The van der Waals surface area contributed by atoms with Gasteiger partial charge in [0, 0.05) is 6.07 Å². The third kappa shape index (κ3) is 2.40. The minimum atomic E-state index is -0.553. The van der Waals surface area contributed by atoms with E-state index in [2.05, 4.69) is 0 Å². The van der Waals surface area contributed by atoms with E-state index in [1.807, 2.05) is 0 Å². The number of hydrogen-bond donors (Lipinski definition) is 1. The zero-order valence-electron chi connectivity index (χ0n) is 12.2. The molecule has 4 bridgehead atoms. The van der Waals surface area contributed by atoms with E-state index in [1.54, 1.807) is 0 Å². The number of benzene rings is 1. The summed E-state index contributed by atoms with van der Waals surface area (Å²) < 4.78 is 26.6. The van der Waals surface area contributed by atoms with E-state index in [-0.39, 0.29) is 5.41 Å². The Morgan fingerprint density at radius 2 is 1.43 bits per heavy atom. The molecule has 0 radical (unpaired) electrons. The Morgan fingerprint density at radius 1 is 0.952 bits per heavy atom. The third-order valence-electron chi connectivity index (χ3n) is 6.14. The van der Waals surface area contributed by atoms with Crippen LogP contribution in [0.25, 0.3) is 0 Å². The van der Waals surface area contributed by atoms with Crippen LogP contribution in [0.5, 0.6) is 0 Å². The maximum atomic E-state index is 13.3. The smallest absolute Gasteiger partial charge is 0.126 e. The van der Waals surface area contributed by atoms with Gasteiger partial charge < -0.3 is 5.11 Å². The molecule has 0 aliphatic heterocycles. The molecule has 21 heavy (non-hydrogen) atoms. The molecule has 4 fully saturated rings. The van der Waals surface area contributed by atoms with Gasteiger partial charge in [-0.15, -0.1) is 0 Å². The highest BCUT2D eigenvalue weighted by molar-refractivity contribution is 5.20. The Balaban J connectivity index is 1.55. The first kappa shape index (κ1) is 13.7. The van der Waals surface area contributed by atoms with Crippen molar-refractivity contribution in [1.82, 2.24) is 0 Å². The molecule has 1 nitrogen and oxygen atoms in total. The van der Waals surface area contributed by atoms with E-state index < -0.39 is 17.7 Å². The Kier molecular flexibility index (Phi) is 3.11. The first-order valence-electron chi connectivity index (χ1n) is 8.15. The van der Waals surface area contributed by atoms with Crippen molar-refractivity contribution in [2.24, 2.45) is 23.2 Å². The summed E-state index contributed by atoms with van der Waals surface area (Å²) in [5.74, 6) is 1.21. The Hall–Kier alpha value is -0.960. The second-order valence-corrected chi connectivity index (χ2v) is 7.78. The SMILES string of the molecule is OC(Cc1cc(F)cc(F)c1)C12CC3CC(CC(C3)C1)C2. The fourth-order valence-electron chi connectivity index (χ4n) is 5.75. The molecule has 4 saturated carbocycles. The van der Waals surface area contributed by atoms with Crippen LogP contribution in [0, 0.1) is 34.8 Å². The number of hydrogen-bond acceptors (Lipinski definition) is 1. The summed E-state index contributed by atoms with van der Waals surface area (Å²) in [6, 6.07) is 3.60. The normalized spacial score (nSPS) is 38.7. The monoisotopic (exact) mass is 292 g/mol. The largest absolute Gasteiger partial charge is 0.392 e. The van der Waals surface area contributed by atoms with Crippen LogP contribution in [0.4, 0.5) is 8.78 Å². The molecule has 0 aromatic heterocycles. The Morgan fingerprint density at radius 3 is 1.90 bits per heavy atom. The lowest BCUT2D eigenvalue weighted by atomic mass is 9.48. The van der Waals surface area contributed by atoms with Crippen molar-refractivity contribution in [3.8, 4) is 0 Å². The summed E-state index contributed by atoms with van der Waals surface area (Å²) >= 11 is 0. The van der Waals surface area contributed by atoms with E-state index in [4.69, 9.17) is 0 Å². The molecule has 5 rings (SSSR count). The van der Waals surface area contributed by atoms with Crippen LogP contribution < -0.4 is 0 Å². The van der Waals surface area contributed by atoms with Gasteiger partial charge in [0.1, 0.15) is 11.6 Å². The Bertz CT molecular complexity index is 499. The first-order chi connectivity index (χ1) is 10.0. The van der Waals surface area contributed by atoms with Crippen LogP contribution >= 0.6 is 0 Å². The minimum absolute atomic E-state index is 0.0115. The van der Waals surface area contributed by atoms with Gasteiger partial charge in [0.05, 0.1) is 6.10 Å². The molecule has 1 aromatic rings. The van der Waals surface area contributed by atoms with Gasteiger partial charge in [-0.25, -0.2) is 8.78 Å². The van der Waals surface area contributed by atoms with Crippen LogP contribution in [0.2, 0.25) is 0 Å². The van der Waals surface area contributed by atoms with Gasteiger partial charge in [-0.3, -0.25) is 0 Å². The average Bonchev–Trinajstić information content (AvgIpc) is 2.35. The quantitative estimate of drug-likeness (QED) is 0.890. The molecule has 1 unspecified atom stereocenters. The van der Waals surface area contributed by atoms with Crippen LogP contribution in [0.3, 0.4) is 0 Å². The van der Waals surface area contributed by atoms with Crippen molar-refractivity contribution in [3.63, 3.8) is 0 Å². The van der Waals surface area contributed by atoms with Crippen molar-refractivity contribution in [3.05, 3.63) is 35.4 Å². The Labute approximate surface area is 124 Å². The van der Waals surface area contributed by atoms with Crippen LogP contribution in [0.1, 0.15) is 44.1 Å². The molecule has 1 atom stereocenters. The summed E-state index contributed by atoms with van der Waals surface area (Å²) in [5, 5.41) is 10.8. The van der Waals surface area contributed by atoms with Crippen LogP contribution in [0.15, 0.2) is 18.2 Å². The van der Waals surface area contributed by atoms with Crippen molar-refractivity contribution in [2.75, 3.05) is 0 Å². The molecule has 4 aliphatic rings. The minimum Gasteiger partial charge on any atom is -0.392 e. The van der Waals surface area contributed by atoms with E-state index in [1.165, 1.54) is 31.4 Å². The lowest BCUT2D eigenvalue weighted by molar-refractivity contribution is -0.119. The predicted octanol–water partition coefficient (Wildman–Crippen LogP) is 4.08. The fourth-order valence-corrected chi connectivity index (χ4v) is 5.75. The summed E-state index contributed by atoms with van der Waals surface area (Å²) in [6.45, 7) is 0. The average molecular weight is 292 g/mol.